The van der Waals surface area contributed by atoms with Crippen molar-refractivity contribution in [3.05, 3.63) is 47.5 Å². The monoisotopic (exact) mass is 285 g/mol. The molecule has 1 aliphatic carbocycles. The van der Waals surface area contributed by atoms with Gasteiger partial charge in [0.05, 0.1) is 17.4 Å². The molecular formula is C17H23N3O. The molecule has 1 unspecified atom stereocenters. The third-order valence-corrected chi connectivity index (χ3v) is 4.39. The van der Waals surface area contributed by atoms with Crippen LogP contribution in [0.5, 0.6) is 0 Å². The quantitative estimate of drug-likeness (QED) is 0.917. The highest BCUT2D eigenvalue weighted by atomic mass is 16.3. The van der Waals surface area contributed by atoms with Gasteiger partial charge in [0, 0.05) is 18.8 Å². The van der Waals surface area contributed by atoms with Crippen molar-refractivity contribution in [2.45, 2.75) is 57.6 Å². The lowest BCUT2D eigenvalue weighted by Crippen LogP contribution is -2.09. The molecule has 1 saturated carbocycles. The van der Waals surface area contributed by atoms with E-state index in [0.29, 0.717) is 12.5 Å². The number of aliphatic hydroxyl groups excluding tert-OH is 1. The van der Waals surface area contributed by atoms with E-state index in [2.05, 4.69) is 27.9 Å². The predicted octanol–water partition coefficient (Wildman–Crippen LogP) is 3.23. The molecule has 21 heavy (non-hydrogen) atoms. The van der Waals surface area contributed by atoms with Crippen LogP contribution in [-0.4, -0.2) is 19.9 Å². The van der Waals surface area contributed by atoms with Crippen LogP contribution >= 0.6 is 0 Å². The summed E-state index contributed by atoms with van der Waals surface area (Å²) in [5.41, 5.74) is 2.85. The number of pyridine rings is 1. The van der Waals surface area contributed by atoms with Gasteiger partial charge in [0.1, 0.15) is 6.10 Å². The van der Waals surface area contributed by atoms with Gasteiger partial charge >= 0.3 is 0 Å². The lowest BCUT2D eigenvalue weighted by Gasteiger charge is -2.13. The van der Waals surface area contributed by atoms with Crippen LogP contribution in [-0.2, 0) is 12.8 Å². The van der Waals surface area contributed by atoms with Gasteiger partial charge in [-0.15, -0.1) is 0 Å². The summed E-state index contributed by atoms with van der Waals surface area (Å²) in [5, 5.41) is 15.1. The first-order valence-corrected chi connectivity index (χ1v) is 7.93. The summed E-state index contributed by atoms with van der Waals surface area (Å²) in [6.45, 7) is 2.09. The fourth-order valence-corrected chi connectivity index (χ4v) is 3.20. The minimum Gasteiger partial charge on any atom is -0.386 e. The number of aromatic nitrogens is 3. The summed E-state index contributed by atoms with van der Waals surface area (Å²) >= 11 is 0. The van der Waals surface area contributed by atoms with Gasteiger partial charge in [0.2, 0.25) is 0 Å². The maximum absolute atomic E-state index is 10.4. The number of hydrogen-bond acceptors (Lipinski definition) is 3. The average Bonchev–Trinajstić information content (AvgIpc) is 3.17. The maximum atomic E-state index is 10.4. The molecule has 0 amide bonds. The zero-order valence-corrected chi connectivity index (χ0v) is 12.6. The predicted molar refractivity (Wildman–Crippen MR) is 82.0 cm³/mol. The van der Waals surface area contributed by atoms with Crippen LogP contribution in [0.2, 0.25) is 0 Å². The number of rotatable bonds is 5. The summed E-state index contributed by atoms with van der Waals surface area (Å²) in [7, 11) is 0. The van der Waals surface area contributed by atoms with E-state index in [1.807, 2.05) is 18.2 Å². The van der Waals surface area contributed by atoms with Crippen molar-refractivity contribution < 1.29 is 5.11 Å². The number of nitrogens with zero attached hydrogens (tertiary/aromatic N) is 3. The maximum Gasteiger partial charge on any atom is 0.102 e. The molecule has 2 aromatic heterocycles. The van der Waals surface area contributed by atoms with Crippen molar-refractivity contribution in [2.75, 3.05) is 0 Å². The molecule has 4 heteroatoms. The Hall–Kier alpha value is -1.68. The van der Waals surface area contributed by atoms with Crippen molar-refractivity contribution in [1.29, 1.82) is 0 Å². The van der Waals surface area contributed by atoms with E-state index >= 15 is 0 Å². The van der Waals surface area contributed by atoms with Crippen LogP contribution in [0.4, 0.5) is 0 Å². The van der Waals surface area contributed by atoms with Gasteiger partial charge in [0.15, 0.2) is 0 Å². The van der Waals surface area contributed by atoms with E-state index < -0.39 is 6.10 Å². The Balaban J connectivity index is 1.71. The molecular weight excluding hydrogens is 262 g/mol. The zero-order valence-electron chi connectivity index (χ0n) is 12.6. The van der Waals surface area contributed by atoms with Crippen molar-refractivity contribution in [2.24, 2.45) is 0 Å². The molecule has 112 valence electrons. The first-order valence-electron chi connectivity index (χ1n) is 7.93. The number of aliphatic hydroxyl groups is 1. The first-order chi connectivity index (χ1) is 10.3. The summed E-state index contributed by atoms with van der Waals surface area (Å²) in [5.74, 6) is 0. The molecule has 0 aromatic carbocycles. The molecule has 1 N–H and O–H groups in total. The van der Waals surface area contributed by atoms with E-state index in [1.165, 1.54) is 25.7 Å². The normalized spacial score (nSPS) is 17.2. The second-order valence-corrected chi connectivity index (χ2v) is 5.85. The van der Waals surface area contributed by atoms with Crippen molar-refractivity contribution >= 4 is 0 Å². The highest BCUT2D eigenvalue weighted by Gasteiger charge is 2.19. The van der Waals surface area contributed by atoms with Gasteiger partial charge in [0.25, 0.3) is 0 Å². The smallest absolute Gasteiger partial charge is 0.102 e. The van der Waals surface area contributed by atoms with Crippen LogP contribution in [0.25, 0.3) is 0 Å². The zero-order chi connectivity index (χ0) is 14.7. The fraction of sp³-hybridized carbons (Fsp3) is 0.529. The molecule has 0 bridgehead atoms. The van der Waals surface area contributed by atoms with Crippen LogP contribution in [0.3, 0.4) is 0 Å². The lowest BCUT2D eigenvalue weighted by molar-refractivity contribution is 0.171. The minimum atomic E-state index is -0.576. The molecule has 0 radical (unpaired) electrons. The Morgan fingerprint density at radius 3 is 2.90 bits per heavy atom. The first kappa shape index (κ1) is 14.3. The molecule has 4 nitrogen and oxygen atoms in total. The van der Waals surface area contributed by atoms with Crippen LogP contribution in [0.15, 0.2) is 30.6 Å². The van der Waals surface area contributed by atoms with E-state index in [4.69, 9.17) is 0 Å². The average molecular weight is 285 g/mol. The lowest BCUT2D eigenvalue weighted by atomic mass is 10.0. The Labute approximate surface area is 125 Å². The van der Waals surface area contributed by atoms with Crippen LogP contribution < -0.4 is 0 Å². The van der Waals surface area contributed by atoms with Crippen molar-refractivity contribution in [3.63, 3.8) is 0 Å². The van der Waals surface area contributed by atoms with E-state index in [-0.39, 0.29) is 0 Å². The number of hydrogen-bond donors (Lipinski definition) is 1. The number of aryl methyl sites for hydroxylation is 1. The Morgan fingerprint density at radius 1 is 1.33 bits per heavy atom. The SMILES string of the molecule is CCc1cccnc1C(O)Cc1ccn(C2CCCC2)n1. The van der Waals surface area contributed by atoms with Crippen LogP contribution in [0.1, 0.15) is 61.7 Å². The molecule has 2 aromatic rings. The summed E-state index contributed by atoms with van der Waals surface area (Å²) < 4.78 is 2.08. The highest BCUT2D eigenvalue weighted by Crippen LogP contribution is 2.29. The fourth-order valence-electron chi connectivity index (χ4n) is 3.20. The minimum absolute atomic E-state index is 0.531. The van der Waals surface area contributed by atoms with E-state index in [9.17, 15) is 5.11 Å². The van der Waals surface area contributed by atoms with E-state index in [1.54, 1.807) is 6.20 Å². The standard InChI is InChI=1S/C17H23N3O/c1-2-13-6-5-10-18-17(13)16(21)12-14-9-11-20(19-14)15-7-3-4-8-15/h5-6,9-11,15-16,21H,2-4,7-8,12H2,1H3. The van der Waals surface area contributed by atoms with Gasteiger partial charge < -0.3 is 5.11 Å². The third-order valence-electron chi connectivity index (χ3n) is 4.39. The molecule has 2 heterocycles. The highest BCUT2D eigenvalue weighted by molar-refractivity contribution is 5.22. The Bertz CT molecular complexity index is 587. The van der Waals surface area contributed by atoms with Crippen molar-refractivity contribution in [1.82, 2.24) is 14.8 Å². The summed E-state index contributed by atoms with van der Waals surface area (Å²) in [6.07, 6.45) is 9.69. The van der Waals surface area contributed by atoms with Crippen LogP contribution in [0, 0.1) is 0 Å². The third kappa shape index (κ3) is 3.16. The van der Waals surface area contributed by atoms with E-state index in [0.717, 1.165) is 23.4 Å². The largest absolute Gasteiger partial charge is 0.386 e. The van der Waals surface area contributed by atoms with Crippen molar-refractivity contribution in [3.8, 4) is 0 Å². The second-order valence-electron chi connectivity index (χ2n) is 5.85. The topological polar surface area (TPSA) is 50.9 Å². The van der Waals surface area contributed by atoms with Gasteiger partial charge in [-0.2, -0.15) is 5.10 Å². The summed E-state index contributed by atoms with van der Waals surface area (Å²) in [4.78, 5) is 4.35. The molecule has 0 spiro atoms. The molecule has 0 saturated heterocycles. The molecule has 1 aliphatic rings. The molecule has 1 atom stereocenters. The Morgan fingerprint density at radius 2 is 2.14 bits per heavy atom. The van der Waals surface area contributed by atoms with Gasteiger partial charge in [-0.05, 0) is 37.0 Å². The molecule has 0 aliphatic heterocycles. The summed E-state index contributed by atoms with van der Waals surface area (Å²) in [6, 6.07) is 6.53. The van der Waals surface area contributed by atoms with Gasteiger partial charge in [-0.3, -0.25) is 9.67 Å². The van der Waals surface area contributed by atoms with Gasteiger partial charge in [-0.25, -0.2) is 0 Å². The second kappa shape index (κ2) is 6.39. The Kier molecular flexibility index (Phi) is 4.34. The molecule has 1 fully saturated rings. The van der Waals surface area contributed by atoms with Gasteiger partial charge in [-0.1, -0.05) is 25.8 Å². The molecule has 3 rings (SSSR count).